The van der Waals surface area contributed by atoms with Crippen molar-refractivity contribution in [3.05, 3.63) is 23.8 Å². The minimum Gasteiger partial charge on any atom is -0.492 e. The van der Waals surface area contributed by atoms with Gasteiger partial charge in [-0.2, -0.15) is 0 Å². The molecule has 1 aromatic carbocycles. The van der Waals surface area contributed by atoms with E-state index in [2.05, 4.69) is 15.9 Å². The first-order valence-corrected chi connectivity index (χ1v) is 5.90. The maximum atomic E-state index is 9.75. The standard InChI is InChI=1S/C11H15BrO3/c1-3-15-10-6-4-5-8(9(13)7-12)11(10)14-2/h4-6,9,13H,3,7H2,1-2H3. The molecule has 0 aliphatic rings. The second-order valence-electron chi connectivity index (χ2n) is 2.98. The van der Waals surface area contributed by atoms with Gasteiger partial charge in [-0.25, -0.2) is 0 Å². The van der Waals surface area contributed by atoms with E-state index in [1.54, 1.807) is 7.11 Å². The molecule has 1 atom stereocenters. The lowest BCUT2D eigenvalue weighted by Gasteiger charge is -2.16. The summed E-state index contributed by atoms with van der Waals surface area (Å²) >= 11 is 3.23. The Morgan fingerprint density at radius 2 is 2.20 bits per heavy atom. The molecule has 0 aromatic heterocycles. The molecule has 0 bridgehead atoms. The molecule has 0 saturated carbocycles. The Morgan fingerprint density at radius 1 is 1.47 bits per heavy atom. The number of ether oxygens (including phenoxy) is 2. The van der Waals surface area contributed by atoms with E-state index in [1.807, 2.05) is 25.1 Å². The van der Waals surface area contributed by atoms with E-state index < -0.39 is 6.10 Å². The van der Waals surface area contributed by atoms with Crippen LogP contribution < -0.4 is 9.47 Å². The fourth-order valence-electron chi connectivity index (χ4n) is 1.37. The Labute approximate surface area is 98.1 Å². The van der Waals surface area contributed by atoms with Crippen molar-refractivity contribution in [1.29, 1.82) is 0 Å². The third-order valence-corrected chi connectivity index (χ3v) is 2.63. The van der Waals surface area contributed by atoms with Crippen LogP contribution in [0.25, 0.3) is 0 Å². The van der Waals surface area contributed by atoms with Crippen molar-refractivity contribution in [2.45, 2.75) is 13.0 Å². The molecule has 0 aliphatic carbocycles. The molecule has 1 unspecified atom stereocenters. The summed E-state index contributed by atoms with van der Waals surface area (Å²) in [6.45, 7) is 2.48. The Hall–Kier alpha value is -0.740. The molecule has 15 heavy (non-hydrogen) atoms. The number of alkyl halides is 1. The molecular weight excluding hydrogens is 260 g/mol. The summed E-state index contributed by atoms with van der Waals surface area (Å²) in [5.74, 6) is 1.27. The number of hydrogen-bond acceptors (Lipinski definition) is 3. The van der Waals surface area contributed by atoms with E-state index in [0.29, 0.717) is 23.4 Å². The summed E-state index contributed by atoms with van der Waals surface area (Å²) in [7, 11) is 1.57. The summed E-state index contributed by atoms with van der Waals surface area (Å²) in [4.78, 5) is 0. The van der Waals surface area contributed by atoms with Crippen molar-refractivity contribution >= 4 is 15.9 Å². The molecule has 0 spiro atoms. The molecule has 3 nitrogen and oxygen atoms in total. The van der Waals surface area contributed by atoms with E-state index in [0.717, 1.165) is 5.56 Å². The van der Waals surface area contributed by atoms with Crippen LogP contribution in [0.15, 0.2) is 18.2 Å². The van der Waals surface area contributed by atoms with Gasteiger partial charge in [0.15, 0.2) is 11.5 Å². The summed E-state index contributed by atoms with van der Waals surface area (Å²) in [5, 5.41) is 10.2. The molecule has 84 valence electrons. The summed E-state index contributed by atoms with van der Waals surface area (Å²) in [6.07, 6.45) is -0.583. The lowest BCUT2D eigenvalue weighted by molar-refractivity contribution is 0.198. The number of aliphatic hydroxyl groups is 1. The first-order valence-electron chi connectivity index (χ1n) is 4.78. The Morgan fingerprint density at radius 3 is 2.73 bits per heavy atom. The summed E-state index contributed by atoms with van der Waals surface area (Å²) in [5.41, 5.74) is 0.736. The largest absolute Gasteiger partial charge is 0.492 e. The molecule has 0 heterocycles. The lowest BCUT2D eigenvalue weighted by atomic mass is 10.1. The average Bonchev–Trinajstić information content (AvgIpc) is 2.28. The molecule has 0 aliphatic heterocycles. The molecule has 1 N–H and O–H groups in total. The second-order valence-corrected chi connectivity index (χ2v) is 3.63. The van der Waals surface area contributed by atoms with E-state index >= 15 is 0 Å². The molecule has 0 fully saturated rings. The van der Waals surface area contributed by atoms with Crippen molar-refractivity contribution < 1.29 is 14.6 Å². The van der Waals surface area contributed by atoms with Crippen LogP contribution in [0.4, 0.5) is 0 Å². The first-order chi connectivity index (χ1) is 7.24. The van der Waals surface area contributed by atoms with Crippen LogP contribution in [0.3, 0.4) is 0 Å². The number of methoxy groups -OCH3 is 1. The number of halogens is 1. The molecule has 1 rings (SSSR count). The first kappa shape index (κ1) is 12.3. The number of benzene rings is 1. The minimum atomic E-state index is -0.583. The Bertz CT molecular complexity index is 315. The smallest absolute Gasteiger partial charge is 0.166 e. The number of para-hydroxylation sites is 1. The molecule has 0 amide bonds. The normalized spacial score (nSPS) is 12.3. The highest BCUT2D eigenvalue weighted by Crippen LogP contribution is 2.35. The van der Waals surface area contributed by atoms with Crippen molar-refractivity contribution in [3.63, 3.8) is 0 Å². The van der Waals surface area contributed by atoms with Crippen molar-refractivity contribution in [2.24, 2.45) is 0 Å². The Kier molecular flexibility index (Phi) is 4.91. The lowest BCUT2D eigenvalue weighted by Crippen LogP contribution is -2.04. The monoisotopic (exact) mass is 274 g/mol. The van der Waals surface area contributed by atoms with E-state index in [9.17, 15) is 5.11 Å². The van der Waals surface area contributed by atoms with Gasteiger partial charge >= 0.3 is 0 Å². The molecule has 0 saturated heterocycles. The molecule has 4 heteroatoms. The average molecular weight is 275 g/mol. The maximum Gasteiger partial charge on any atom is 0.166 e. The number of hydrogen-bond donors (Lipinski definition) is 1. The predicted octanol–water partition coefficient (Wildman–Crippen LogP) is 2.52. The van der Waals surface area contributed by atoms with Crippen LogP contribution in [-0.2, 0) is 0 Å². The van der Waals surface area contributed by atoms with E-state index in [-0.39, 0.29) is 0 Å². The topological polar surface area (TPSA) is 38.7 Å². The van der Waals surface area contributed by atoms with Crippen LogP contribution in [0.2, 0.25) is 0 Å². The summed E-state index contributed by atoms with van der Waals surface area (Å²) < 4.78 is 10.7. The molecule has 1 aromatic rings. The van der Waals surface area contributed by atoms with E-state index in [1.165, 1.54) is 0 Å². The zero-order chi connectivity index (χ0) is 11.3. The Balaban J connectivity index is 3.09. The van der Waals surface area contributed by atoms with Gasteiger partial charge in [-0.3, -0.25) is 0 Å². The van der Waals surface area contributed by atoms with Gasteiger partial charge in [-0.1, -0.05) is 28.1 Å². The maximum absolute atomic E-state index is 9.75. The zero-order valence-corrected chi connectivity index (χ0v) is 10.5. The second kappa shape index (κ2) is 5.98. The van der Waals surface area contributed by atoms with Crippen molar-refractivity contribution in [2.75, 3.05) is 19.0 Å². The van der Waals surface area contributed by atoms with Gasteiger partial charge in [0.2, 0.25) is 0 Å². The highest BCUT2D eigenvalue weighted by Gasteiger charge is 2.15. The van der Waals surface area contributed by atoms with Crippen LogP contribution in [0.5, 0.6) is 11.5 Å². The highest BCUT2D eigenvalue weighted by atomic mass is 79.9. The van der Waals surface area contributed by atoms with Gasteiger partial charge in [0.1, 0.15) is 0 Å². The minimum absolute atomic E-state index is 0.471. The zero-order valence-electron chi connectivity index (χ0n) is 8.87. The SMILES string of the molecule is CCOc1cccc(C(O)CBr)c1OC. The third-order valence-electron chi connectivity index (χ3n) is 2.02. The molecular formula is C11H15BrO3. The van der Waals surface area contributed by atoms with E-state index in [4.69, 9.17) is 9.47 Å². The van der Waals surface area contributed by atoms with Crippen molar-refractivity contribution in [3.8, 4) is 11.5 Å². The fourth-order valence-corrected chi connectivity index (χ4v) is 1.71. The predicted molar refractivity (Wildman–Crippen MR) is 62.9 cm³/mol. The van der Waals surface area contributed by atoms with Crippen LogP contribution in [-0.4, -0.2) is 24.2 Å². The van der Waals surface area contributed by atoms with Crippen LogP contribution >= 0.6 is 15.9 Å². The number of rotatable bonds is 5. The molecule has 0 radical (unpaired) electrons. The highest BCUT2D eigenvalue weighted by molar-refractivity contribution is 9.09. The van der Waals surface area contributed by atoms with Gasteiger partial charge in [0.25, 0.3) is 0 Å². The van der Waals surface area contributed by atoms with Gasteiger partial charge in [-0.15, -0.1) is 0 Å². The quantitative estimate of drug-likeness (QED) is 0.839. The third kappa shape index (κ3) is 2.86. The van der Waals surface area contributed by atoms with Crippen LogP contribution in [0, 0.1) is 0 Å². The number of aliphatic hydroxyl groups excluding tert-OH is 1. The van der Waals surface area contributed by atoms with Gasteiger partial charge in [0, 0.05) is 10.9 Å². The summed E-state index contributed by atoms with van der Waals surface area (Å²) in [6, 6.07) is 5.49. The fraction of sp³-hybridized carbons (Fsp3) is 0.455. The van der Waals surface area contributed by atoms with Gasteiger partial charge < -0.3 is 14.6 Å². The van der Waals surface area contributed by atoms with Gasteiger partial charge in [0.05, 0.1) is 19.8 Å². The van der Waals surface area contributed by atoms with Crippen LogP contribution in [0.1, 0.15) is 18.6 Å². The van der Waals surface area contributed by atoms with Crippen molar-refractivity contribution in [1.82, 2.24) is 0 Å². The van der Waals surface area contributed by atoms with Gasteiger partial charge in [-0.05, 0) is 13.0 Å².